The summed E-state index contributed by atoms with van der Waals surface area (Å²) >= 11 is 0. The number of anilines is 1. The van der Waals surface area contributed by atoms with Crippen LogP contribution in [0.1, 0.15) is 38.2 Å². The highest BCUT2D eigenvalue weighted by molar-refractivity contribution is 5.96. The van der Waals surface area contributed by atoms with E-state index >= 15 is 0 Å². The second-order valence-corrected chi connectivity index (χ2v) is 5.44. The molecule has 0 aromatic heterocycles. The van der Waals surface area contributed by atoms with Gasteiger partial charge in [0.15, 0.2) is 0 Å². The molecular formula is C16H24N2O2. The Morgan fingerprint density at radius 2 is 2.05 bits per heavy atom. The van der Waals surface area contributed by atoms with Crippen LogP contribution in [0.5, 0.6) is 0 Å². The predicted octanol–water partition coefficient (Wildman–Crippen LogP) is 2.68. The molecule has 0 unspecified atom stereocenters. The molecule has 110 valence electrons. The first-order chi connectivity index (χ1) is 9.72. The van der Waals surface area contributed by atoms with E-state index in [4.69, 9.17) is 10.5 Å². The summed E-state index contributed by atoms with van der Waals surface area (Å²) in [7, 11) is 0. The van der Waals surface area contributed by atoms with Crippen LogP contribution in [0.4, 0.5) is 5.69 Å². The third kappa shape index (κ3) is 3.19. The molecule has 0 aliphatic heterocycles. The van der Waals surface area contributed by atoms with Gasteiger partial charge in [0.1, 0.15) is 0 Å². The van der Waals surface area contributed by atoms with Crippen LogP contribution in [0.25, 0.3) is 0 Å². The minimum absolute atomic E-state index is 0.0569. The number of rotatable bonds is 6. The number of benzene rings is 1. The number of hydrogen-bond acceptors (Lipinski definition) is 3. The highest BCUT2D eigenvalue weighted by Gasteiger charge is 2.39. The molecule has 3 N–H and O–H groups in total. The van der Waals surface area contributed by atoms with E-state index in [1.54, 1.807) is 0 Å². The summed E-state index contributed by atoms with van der Waals surface area (Å²) in [5, 5.41) is 3.05. The van der Waals surface area contributed by atoms with Crippen molar-refractivity contribution in [2.24, 2.45) is 11.1 Å². The SMILES string of the molecule is CCOCc1ccccc1NC(=O)C1(CN)CCCC1. The molecule has 1 aliphatic carbocycles. The van der Waals surface area contributed by atoms with Crippen LogP contribution in [-0.2, 0) is 16.1 Å². The van der Waals surface area contributed by atoms with Gasteiger partial charge in [0.25, 0.3) is 0 Å². The van der Waals surface area contributed by atoms with Gasteiger partial charge in [-0.15, -0.1) is 0 Å². The second-order valence-electron chi connectivity index (χ2n) is 5.44. The lowest BCUT2D eigenvalue weighted by molar-refractivity contribution is -0.124. The molecule has 0 radical (unpaired) electrons. The Bertz CT molecular complexity index is 454. The summed E-state index contributed by atoms with van der Waals surface area (Å²) in [5.74, 6) is 0.0569. The third-order valence-electron chi connectivity index (χ3n) is 4.16. The first kappa shape index (κ1) is 15.0. The Hall–Kier alpha value is -1.39. The number of nitrogens with one attached hydrogen (secondary N) is 1. The van der Waals surface area contributed by atoms with Crippen LogP contribution in [0.15, 0.2) is 24.3 Å². The highest BCUT2D eigenvalue weighted by atomic mass is 16.5. The summed E-state index contributed by atoms with van der Waals surface area (Å²) in [5.41, 5.74) is 7.33. The average Bonchev–Trinajstić information content (AvgIpc) is 2.96. The maximum atomic E-state index is 12.6. The molecular weight excluding hydrogens is 252 g/mol. The van der Waals surface area contributed by atoms with Crippen molar-refractivity contribution in [2.75, 3.05) is 18.5 Å². The number of carbonyl (C=O) groups excluding carboxylic acids is 1. The molecule has 0 atom stereocenters. The van der Waals surface area contributed by atoms with E-state index in [1.807, 2.05) is 31.2 Å². The third-order valence-corrected chi connectivity index (χ3v) is 4.16. The van der Waals surface area contributed by atoms with E-state index in [-0.39, 0.29) is 11.3 Å². The first-order valence-electron chi connectivity index (χ1n) is 7.39. The molecule has 20 heavy (non-hydrogen) atoms. The Kier molecular flexibility index (Phi) is 5.15. The van der Waals surface area contributed by atoms with Gasteiger partial charge in [-0.2, -0.15) is 0 Å². The van der Waals surface area contributed by atoms with Crippen molar-refractivity contribution in [3.63, 3.8) is 0 Å². The monoisotopic (exact) mass is 276 g/mol. The molecule has 4 nitrogen and oxygen atoms in total. The fraction of sp³-hybridized carbons (Fsp3) is 0.562. The topological polar surface area (TPSA) is 64.3 Å². The van der Waals surface area contributed by atoms with E-state index in [2.05, 4.69) is 5.32 Å². The van der Waals surface area contributed by atoms with Gasteiger partial charge < -0.3 is 15.8 Å². The number of carbonyl (C=O) groups is 1. The maximum absolute atomic E-state index is 12.6. The van der Waals surface area contributed by atoms with E-state index in [1.165, 1.54) is 0 Å². The van der Waals surface area contributed by atoms with Crippen molar-refractivity contribution < 1.29 is 9.53 Å². The lowest BCUT2D eigenvalue weighted by Gasteiger charge is -2.26. The molecule has 1 fully saturated rings. The van der Waals surface area contributed by atoms with Crippen molar-refractivity contribution in [3.8, 4) is 0 Å². The van der Waals surface area contributed by atoms with Crippen LogP contribution in [0.2, 0.25) is 0 Å². The zero-order chi connectivity index (χ0) is 14.4. The second kappa shape index (κ2) is 6.86. The van der Waals surface area contributed by atoms with Crippen molar-refractivity contribution in [2.45, 2.75) is 39.2 Å². The Balaban J connectivity index is 2.11. The first-order valence-corrected chi connectivity index (χ1v) is 7.39. The zero-order valence-electron chi connectivity index (χ0n) is 12.2. The van der Waals surface area contributed by atoms with Crippen molar-refractivity contribution in [3.05, 3.63) is 29.8 Å². The molecule has 1 amide bonds. The summed E-state index contributed by atoms with van der Waals surface area (Å²) in [6, 6.07) is 7.79. The predicted molar refractivity (Wildman–Crippen MR) is 80.4 cm³/mol. The molecule has 0 spiro atoms. The van der Waals surface area contributed by atoms with Crippen molar-refractivity contribution in [1.29, 1.82) is 0 Å². The van der Waals surface area contributed by atoms with Gasteiger partial charge in [-0.05, 0) is 25.8 Å². The molecule has 4 heteroatoms. The van der Waals surface area contributed by atoms with E-state index in [0.29, 0.717) is 19.8 Å². The summed E-state index contributed by atoms with van der Waals surface area (Å²) in [6.45, 7) is 3.56. The molecule has 0 saturated heterocycles. The van der Waals surface area contributed by atoms with Gasteiger partial charge >= 0.3 is 0 Å². The van der Waals surface area contributed by atoms with Gasteiger partial charge in [0, 0.05) is 24.4 Å². The fourth-order valence-electron chi connectivity index (χ4n) is 2.81. The maximum Gasteiger partial charge on any atom is 0.231 e. The fourth-order valence-corrected chi connectivity index (χ4v) is 2.81. The van der Waals surface area contributed by atoms with Crippen LogP contribution in [-0.4, -0.2) is 19.1 Å². The number of amides is 1. The highest BCUT2D eigenvalue weighted by Crippen LogP contribution is 2.38. The number of nitrogens with two attached hydrogens (primary N) is 1. The number of para-hydroxylation sites is 1. The molecule has 0 bridgehead atoms. The molecule has 2 rings (SSSR count). The summed E-state index contributed by atoms with van der Waals surface area (Å²) < 4.78 is 5.44. The molecule has 1 aromatic rings. The Morgan fingerprint density at radius 3 is 2.70 bits per heavy atom. The van der Waals surface area contributed by atoms with E-state index < -0.39 is 0 Å². The molecule has 0 heterocycles. The lowest BCUT2D eigenvalue weighted by atomic mass is 9.85. The Labute approximate surface area is 120 Å². The van der Waals surface area contributed by atoms with Crippen molar-refractivity contribution in [1.82, 2.24) is 0 Å². The standard InChI is InChI=1S/C16H24N2O2/c1-2-20-11-13-7-3-4-8-14(13)18-15(19)16(12-17)9-5-6-10-16/h3-4,7-8H,2,5-6,9-12,17H2,1H3,(H,18,19). The summed E-state index contributed by atoms with van der Waals surface area (Å²) in [4.78, 5) is 12.6. The summed E-state index contributed by atoms with van der Waals surface area (Å²) in [6.07, 6.45) is 3.96. The minimum Gasteiger partial charge on any atom is -0.377 e. The largest absolute Gasteiger partial charge is 0.377 e. The number of hydrogen-bond donors (Lipinski definition) is 2. The lowest BCUT2D eigenvalue weighted by Crippen LogP contribution is -2.40. The van der Waals surface area contributed by atoms with Gasteiger partial charge in [0.2, 0.25) is 5.91 Å². The minimum atomic E-state index is -0.376. The van der Waals surface area contributed by atoms with Crippen LogP contribution in [0, 0.1) is 5.41 Å². The van der Waals surface area contributed by atoms with Crippen LogP contribution in [0.3, 0.4) is 0 Å². The van der Waals surface area contributed by atoms with Gasteiger partial charge in [-0.25, -0.2) is 0 Å². The quantitative estimate of drug-likeness (QED) is 0.839. The molecule has 1 saturated carbocycles. The van der Waals surface area contributed by atoms with Gasteiger partial charge in [-0.1, -0.05) is 31.0 Å². The smallest absolute Gasteiger partial charge is 0.231 e. The zero-order valence-corrected chi connectivity index (χ0v) is 12.2. The van der Waals surface area contributed by atoms with E-state index in [0.717, 1.165) is 36.9 Å². The average molecular weight is 276 g/mol. The van der Waals surface area contributed by atoms with Gasteiger partial charge in [0.05, 0.1) is 12.0 Å². The normalized spacial score (nSPS) is 17.1. The molecule has 1 aliphatic rings. The van der Waals surface area contributed by atoms with Crippen molar-refractivity contribution >= 4 is 11.6 Å². The van der Waals surface area contributed by atoms with Crippen LogP contribution >= 0.6 is 0 Å². The molecule has 1 aromatic carbocycles. The number of ether oxygens (including phenoxy) is 1. The van der Waals surface area contributed by atoms with Gasteiger partial charge in [-0.3, -0.25) is 4.79 Å². The van der Waals surface area contributed by atoms with E-state index in [9.17, 15) is 4.79 Å². The van der Waals surface area contributed by atoms with Crippen LogP contribution < -0.4 is 11.1 Å². The Morgan fingerprint density at radius 1 is 1.35 bits per heavy atom.